The molecule has 0 saturated carbocycles. The summed E-state index contributed by atoms with van der Waals surface area (Å²) >= 11 is 0. The molecule has 8 heteroatoms. The van der Waals surface area contributed by atoms with E-state index in [2.05, 4.69) is 15.6 Å². The Hall–Kier alpha value is -3.42. The summed E-state index contributed by atoms with van der Waals surface area (Å²) in [6.07, 6.45) is 1.60. The topological polar surface area (TPSA) is 98.0 Å². The molecular weight excluding hydrogens is 346 g/mol. The lowest BCUT2D eigenvalue weighted by Gasteiger charge is -2.08. The summed E-state index contributed by atoms with van der Waals surface area (Å²) in [5.41, 5.74) is 2.18. The molecule has 8 nitrogen and oxygen atoms in total. The monoisotopic (exact) mass is 367 g/mol. The summed E-state index contributed by atoms with van der Waals surface area (Å²) < 4.78 is 3.15. The SMILES string of the molecule is CCNC(=O)c1cc(NC(=O)CCn2c(=O)n(C)c3ccccc32)ccn1. The maximum Gasteiger partial charge on any atom is 0.328 e. The lowest BCUT2D eigenvalue weighted by molar-refractivity contribution is -0.116. The van der Waals surface area contributed by atoms with Crippen LogP contribution in [0.4, 0.5) is 5.69 Å². The van der Waals surface area contributed by atoms with E-state index in [1.54, 1.807) is 22.2 Å². The zero-order valence-corrected chi connectivity index (χ0v) is 15.2. The normalized spacial score (nSPS) is 10.7. The Bertz CT molecular complexity index is 1050. The summed E-state index contributed by atoms with van der Waals surface area (Å²) in [6.45, 7) is 2.58. The highest BCUT2D eigenvalue weighted by atomic mass is 16.2. The fourth-order valence-electron chi connectivity index (χ4n) is 2.90. The van der Waals surface area contributed by atoms with Crippen LogP contribution in [0, 0.1) is 0 Å². The van der Waals surface area contributed by atoms with Crippen LogP contribution in [0.5, 0.6) is 0 Å². The zero-order chi connectivity index (χ0) is 19.4. The van der Waals surface area contributed by atoms with Gasteiger partial charge in [0.1, 0.15) is 5.69 Å². The molecule has 27 heavy (non-hydrogen) atoms. The molecule has 0 radical (unpaired) electrons. The number of hydrogen-bond acceptors (Lipinski definition) is 4. The maximum atomic E-state index is 12.4. The van der Waals surface area contributed by atoms with Crippen LogP contribution >= 0.6 is 0 Å². The predicted octanol–water partition coefficient (Wildman–Crippen LogP) is 1.51. The highest BCUT2D eigenvalue weighted by molar-refractivity contribution is 5.95. The minimum atomic E-state index is -0.295. The number of carbonyl (C=O) groups excluding carboxylic acids is 2. The fraction of sp³-hybridized carbons (Fsp3) is 0.263. The second-order valence-electron chi connectivity index (χ2n) is 6.07. The van der Waals surface area contributed by atoms with Crippen LogP contribution in [-0.2, 0) is 18.4 Å². The molecule has 1 aromatic carbocycles. The number of fused-ring (bicyclic) bond motifs is 1. The fourth-order valence-corrected chi connectivity index (χ4v) is 2.90. The molecule has 140 valence electrons. The van der Waals surface area contributed by atoms with Gasteiger partial charge in [-0.3, -0.25) is 23.7 Å². The van der Waals surface area contributed by atoms with Gasteiger partial charge >= 0.3 is 5.69 Å². The van der Waals surface area contributed by atoms with E-state index < -0.39 is 0 Å². The first-order valence-corrected chi connectivity index (χ1v) is 8.69. The number of anilines is 1. The minimum Gasteiger partial charge on any atom is -0.351 e. The molecule has 3 rings (SSSR count). The van der Waals surface area contributed by atoms with Crippen molar-refractivity contribution >= 4 is 28.5 Å². The Balaban J connectivity index is 1.69. The van der Waals surface area contributed by atoms with Crippen LogP contribution in [0.1, 0.15) is 23.8 Å². The van der Waals surface area contributed by atoms with Crippen molar-refractivity contribution < 1.29 is 9.59 Å². The van der Waals surface area contributed by atoms with E-state index in [-0.39, 0.29) is 36.2 Å². The molecule has 0 aliphatic carbocycles. The van der Waals surface area contributed by atoms with E-state index in [4.69, 9.17) is 0 Å². The van der Waals surface area contributed by atoms with E-state index in [9.17, 15) is 14.4 Å². The van der Waals surface area contributed by atoms with Crippen LogP contribution in [0.3, 0.4) is 0 Å². The number of benzene rings is 1. The standard InChI is InChI=1S/C19H21N5O3/c1-3-20-18(26)14-12-13(8-10-21-14)22-17(25)9-11-24-16-7-5-4-6-15(16)23(2)19(24)27/h4-8,10,12H,3,9,11H2,1-2H3,(H,20,26)(H,21,22,25). The first-order valence-electron chi connectivity index (χ1n) is 8.69. The predicted molar refractivity (Wildman–Crippen MR) is 103 cm³/mol. The van der Waals surface area contributed by atoms with Crippen molar-refractivity contribution in [1.82, 2.24) is 19.4 Å². The van der Waals surface area contributed by atoms with Crippen LogP contribution in [0.2, 0.25) is 0 Å². The molecule has 0 bridgehead atoms. The Morgan fingerprint density at radius 2 is 1.89 bits per heavy atom. The molecule has 2 amide bonds. The van der Waals surface area contributed by atoms with E-state index in [0.29, 0.717) is 12.2 Å². The van der Waals surface area contributed by atoms with Crippen molar-refractivity contribution in [2.45, 2.75) is 19.9 Å². The van der Waals surface area contributed by atoms with Crippen LogP contribution in [0.15, 0.2) is 47.4 Å². The van der Waals surface area contributed by atoms with Crippen LogP contribution < -0.4 is 16.3 Å². The number of aryl methyl sites for hydroxylation is 2. The number of amides is 2. The van der Waals surface area contributed by atoms with Gasteiger partial charge in [0.2, 0.25) is 5.91 Å². The molecule has 3 aromatic rings. The van der Waals surface area contributed by atoms with Gasteiger partial charge in [0.25, 0.3) is 5.91 Å². The second-order valence-corrected chi connectivity index (χ2v) is 6.07. The van der Waals surface area contributed by atoms with Crippen LogP contribution in [-0.4, -0.2) is 32.5 Å². The Morgan fingerprint density at radius 3 is 2.63 bits per heavy atom. The molecule has 0 aliphatic rings. The molecule has 0 atom stereocenters. The quantitative estimate of drug-likeness (QED) is 0.690. The highest BCUT2D eigenvalue weighted by Gasteiger charge is 2.12. The second kappa shape index (κ2) is 7.86. The summed E-state index contributed by atoms with van der Waals surface area (Å²) in [5, 5.41) is 5.40. The number of nitrogens with one attached hydrogen (secondary N) is 2. The van der Waals surface area contributed by atoms with E-state index in [1.165, 1.54) is 12.3 Å². The van der Waals surface area contributed by atoms with E-state index in [0.717, 1.165) is 11.0 Å². The third-order valence-electron chi connectivity index (χ3n) is 4.23. The third kappa shape index (κ3) is 3.89. The van der Waals surface area contributed by atoms with Gasteiger partial charge < -0.3 is 10.6 Å². The molecule has 2 N–H and O–H groups in total. The van der Waals surface area contributed by atoms with Crippen molar-refractivity contribution in [2.75, 3.05) is 11.9 Å². The third-order valence-corrected chi connectivity index (χ3v) is 4.23. The van der Waals surface area contributed by atoms with Gasteiger partial charge in [-0.2, -0.15) is 0 Å². The van der Waals surface area contributed by atoms with Gasteiger partial charge in [0.15, 0.2) is 0 Å². The summed E-state index contributed by atoms with van der Waals surface area (Å²) in [6, 6.07) is 10.6. The molecule has 0 saturated heterocycles. The van der Waals surface area contributed by atoms with E-state index in [1.807, 2.05) is 31.2 Å². The number of pyridine rings is 1. The number of para-hydroxylation sites is 2. The van der Waals surface area contributed by atoms with Gasteiger partial charge in [-0.05, 0) is 31.2 Å². The van der Waals surface area contributed by atoms with Gasteiger partial charge in [-0.15, -0.1) is 0 Å². The molecule has 0 unspecified atom stereocenters. The molecule has 2 aromatic heterocycles. The summed E-state index contributed by atoms with van der Waals surface area (Å²) in [5.74, 6) is -0.543. The molecule has 0 spiro atoms. The number of nitrogens with zero attached hydrogens (tertiary/aromatic N) is 3. The van der Waals surface area contributed by atoms with Crippen LogP contribution in [0.25, 0.3) is 11.0 Å². The largest absolute Gasteiger partial charge is 0.351 e. The average Bonchev–Trinajstić information content (AvgIpc) is 2.91. The van der Waals surface area contributed by atoms with Gasteiger partial charge in [-0.25, -0.2) is 4.79 Å². The lowest BCUT2D eigenvalue weighted by Crippen LogP contribution is -2.25. The highest BCUT2D eigenvalue weighted by Crippen LogP contribution is 2.13. The molecular formula is C19H21N5O3. The number of hydrogen-bond donors (Lipinski definition) is 2. The zero-order valence-electron chi connectivity index (χ0n) is 15.2. The number of carbonyl (C=O) groups is 2. The van der Waals surface area contributed by atoms with Crippen molar-refractivity contribution in [2.24, 2.45) is 7.05 Å². The summed E-state index contributed by atoms with van der Waals surface area (Å²) in [4.78, 5) is 40.5. The van der Waals surface area contributed by atoms with Crippen molar-refractivity contribution in [3.8, 4) is 0 Å². The van der Waals surface area contributed by atoms with Gasteiger partial charge in [0.05, 0.1) is 11.0 Å². The number of imidazole rings is 1. The number of aromatic nitrogens is 3. The first kappa shape index (κ1) is 18.4. The van der Waals surface area contributed by atoms with Crippen molar-refractivity contribution in [3.05, 3.63) is 58.8 Å². The molecule has 2 heterocycles. The van der Waals surface area contributed by atoms with Crippen molar-refractivity contribution in [3.63, 3.8) is 0 Å². The maximum absolute atomic E-state index is 12.4. The average molecular weight is 367 g/mol. The van der Waals surface area contributed by atoms with Gasteiger partial charge in [0, 0.05) is 38.4 Å². The summed E-state index contributed by atoms with van der Waals surface area (Å²) in [7, 11) is 1.71. The number of rotatable bonds is 6. The Kier molecular flexibility index (Phi) is 5.35. The van der Waals surface area contributed by atoms with Gasteiger partial charge in [-0.1, -0.05) is 12.1 Å². The molecule has 0 fully saturated rings. The molecule has 0 aliphatic heterocycles. The van der Waals surface area contributed by atoms with E-state index >= 15 is 0 Å². The Labute approximate surface area is 155 Å². The lowest BCUT2D eigenvalue weighted by atomic mass is 10.2. The Morgan fingerprint density at radius 1 is 1.15 bits per heavy atom. The van der Waals surface area contributed by atoms with Crippen molar-refractivity contribution in [1.29, 1.82) is 0 Å². The smallest absolute Gasteiger partial charge is 0.328 e. The first-order chi connectivity index (χ1) is 13.0. The minimum absolute atomic E-state index is 0.132.